The van der Waals surface area contributed by atoms with Crippen molar-refractivity contribution in [1.29, 1.82) is 0 Å². The lowest BCUT2D eigenvalue weighted by Gasteiger charge is -2.23. The minimum Gasteiger partial charge on any atom is -0.370 e. The Hall–Kier alpha value is -2.17. The van der Waals surface area contributed by atoms with E-state index in [0.29, 0.717) is 23.9 Å². The van der Waals surface area contributed by atoms with Gasteiger partial charge < -0.3 is 10.2 Å². The zero-order valence-electron chi connectivity index (χ0n) is 12.7. The van der Waals surface area contributed by atoms with Crippen LogP contribution in [0.2, 0.25) is 0 Å². The highest BCUT2D eigenvalue weighted by Crippen LogP contribution is 2.27. The van der Waals surface area contributed by atoms with Crippen molar-refractivity contribution in [2.45, 2.75) is 27.2 Å². The van der Waals surface area contributed by atoms with Gasteiger partial charge in [0.05, 0.1) is 5.69 Å². The number of anilines is 3. The van der Waals surface area contributed by atoms with E-state index < -0.39 is 0 Å². The first-order chi connectivity index (χ1) is 10.2. The van der Waals surface area contributed by atoms with Crippen LogP contribution in [0.4, 0.5) is 21.7 Å². The Morgan fingerprint density at radius 1 is 1.19 bits per heavy atom. The Balaban J connectivity index is 2.38. The van der Waals surface area contributed by atoms with Crippen molar-refractivity contribution in [2.75, 3.05) is 23.3 Å². The van der Waals surface area contributed by atoms with Crippen molar-refractivity contribution in [3.63, 3.8) is 0 Å². The standard InChI is InChI=1S/C16H21FN4/c1-4-10-18-15-11-16(20-12(3)19-15)21(5-2)14-9-7-6-8-13(14)17/h6-9,11H,4-5,10H2,1-3H3,(H,18,19,20). The van der Waals surface area contributed by atoms with Gasteiger partial charge in [0.2, 0.25) is 0 Å². The van der Waals surface area contributed by atoms with E-state index in [1.54, 1.807) is 12.1 Å². The smallest absolute Gasteiger partial charge is 0.146 e. The first-order valence-electron chi connectivity index (χ1n) is 7.27. The third-order valence-electron chi connectivity index (χ3n) is 3.12. The Morgan fingerprint density at radius 3 is 2.62 bits per heavy atom. The number of benzene rings is 1. The second kappa shape index (κ2) is 7.02. The van der Waals surface area contributed by atoms with Crippen LogP contribution in [0.15, 0.2) is 30.3 Å². The van der Waals surface area contributed by atoms with E-state index in [9.17, 15) is 4.39 Å². The number of hydrogen-bond donors (Lipinski definition) is 1. The largest absolute Gasteiger partial charge is 0.370 e. The predicted molar refractivity (Wildman–Crippen MR) is 84.6 cm³/mol. The molecule has 21 heavy (non-hydrogen) atoms. The summed E-state index contributed by atoms with van der Waals surface area (Å²) in [6.07, 6.45) is 1.02. The fraction of sp³-hybridized carbons (Fsp3) is 0.375. The molecular formula is C16H21FN4. The van der Waals surface area contributed by atoms with Gasteiger partial charge in [0.15, 0.2) is 0 Å². The second-order valence-electron chi connectivity index (χ2n) is 4.78. The minimum atomic E-state index is -0.251. The summed E-state index contributed by atoms with van der Waals surface area (Å²) >= 11 is 0. The Morgan fingerprint density at radius 2 is 1.95 bits per heavy atom. The van der Waals surface area contributed by atoms with Crippen LogP contribution in [0.3, 0.4) is 0 Å². The average Bonchev–Trinajstić information content (AvgIpc) is 2.47. The number of rotatable bonds is 6. The molecule has 1 heterocycles. The molecule has 0 aliphatic heterocycles. The number of aromatic nitrogens is 2. The van der Waals surface area contributed by atoms with Crippen LogP contribution in [0.25, 0.3) is 0 Å². The minimum absolute atomic E-state index is 0.251. The Kier molecular flexibility index (Phi) is 5.09. The van der Waals surface area contributed by atoms with Crippen LogP contribution in [-0.2, 0) is 0 Å². The van der Waals surface area contributed by atoms with Crippen molar-refractivity contribution in [1.82, 2.24) is 9.97 Å². The van der Waals surface area contributed by atoms with Crippen LogP contribution < -0.4 is 10.2 Å². The van der Waals surface area contributed by atoms with Crippen LogP contribution in [0, 0.1) is 12.7 Å². The van der Waals surface area contributed by atoms with Crippen LogP contribution in [0.5, 0.6) is 0 Å². The van der Waals surface area contributed by atoms with Crippen LogP contribution >= 0.6 is 0 Å². The number of aryl methyl sites for hydroxylation is 1. The summed E-state index contributed by atoms with van der Waals surface area (Å²) in [4.78, 5) is 10.6. The monoisotopic (exact) mass is 288 g/mol. The molecule has 0 unspecified atom stereocenters. The quantitative estimate of drug-likeness (QED) is 0.875. The number of nitrogens with zero attached hydrogens (tertiary/aromatic N) is 3. The molecule has 2 aromatic rings. The maximum atomic E-state index is 14.0. The average molecular weight is 288 g/mol. The van der Waals surface area contributed by atoms with Crippen molar-refractivity contribution in [2.24, 2.45) is 0 Å². The molecule has 0 aliphatic carbocycles. The van der Waals surface area contributed by atoms with Crippen LogP contribution in [0.1, 0.15) is 26.1 Å². The first-order valence-corrected chi connectivity index (χ1v) is 7.27. The molecule has 0 spiro atoms. The third kappa shape index (κ3) is 3.68. The molecule has 1 N–H and O–H groups in total. The van der Waals surface area contributed by atoms with Gasteiger partial charge in [-0.15, -0.1) is 0 Å². The molecule has 0 fully saturated rings. The van der Waals surface area contributed by atoms with E-state index in [4.69, 9.17) is 0 Å². The summed E-state index contributed by atoms with van der Waals surface area (Å²) in [7, 11) is 0. The fourth-order valence-electron chi connectivity index (χ4n) is 2.16. The molecule has 0 saturated heterocycles. The van der Waals surface area contributed by atoms with Gasteiger partial charge in [-0.25, -0.2) is 14.4 Å². The highest BCUT2D eigenvalue weighted by Gasteiger charge is 2.14. The first kappa shape index (κ1) is 15.2. The van der Waals surface area contributed by atoms with Crippen molar-refractivity contribution in [3.05, 3.63) is 42.0 Å². The maximum Gasteiger partial charge on any atom is 0.146 e. The molecule has 0 radical (unpaired) electrons. The molecule has 5 heteroatoms. The number of halogens is 1. The number of hydrogen-bond acceptors (Lipinski definition) is 4. The van der Waals surface area contributed by atoms with Crippen molar-refractivity contribution < 1.29 is 4.39 Å². The van der Waals surface area contributed by atoms with E-state index in [1.807, 2.05) is 30.9 Å². The molecule has 1 aromatic heterocycles. The van der Waals surface area contributed by atoms with Gasteiger partial charge in [-0.1, -0.05) is 19.1 Å². The van der Waals surface area contributed by atoms with Gasteiger partial charge in [-0.3, -0.25) is 0 Å². The van der Waals surface area contributed by atoms with Gasteiger partial charge >= 0.3 is 0 Å². The lowest BCUT2D eigenvalue weighted by molar-refractivity contribution is 0.625. The summed E-state index contributed by atoms with van der Waals surface area (Å²) in [6.45, 7) is 7.39. The lowest BCUT2D eigenvalue weighted by Crippen LogP contribution is -2.19. The third-order valence-corrected chi connectivity index (χ3v) is 3.12. The highest BCUT2D eigenvalue weighted by molar-refractivity contribution is 5.63. The molecule has 0 aliphatic rings. The van der Waals surface area contributed by atoms with Gasteiger partial charge in [-0.05, 0) is 32.4 Å². The molecule has 1 aromatic carbocycles. The zero-order valence-corrected chi connectivity index (χ0v) is 12.7. The molecule has 2 rings (SSSR count). The van der Waals surface area contributed by atoms with E-state index in [0.717, 1.165) is 18.8 Å². The summed E-state index contributed by atoms with van der Waals surface area (Å²) in [5.74, 6) is 1.89. The number of para-hydroxylation sites is 1. The molecular weight excluding hydrogens is 267 g/mol. The zero-order chi connectivity index (χ0) is 15.2. The molecule has 112 valence electrons. The summed E-state index contributed by atoms with van der Waals surface area (Å²) < 4.78 is 14.0. The maximum absolute atomic E-state index is 14.0. The summed E-state index contributed by atoms with van der Waals surface area (Å²) in [5, 5.41) is 3.25. The van der Waals surface area contributed by atoms with Gasteiger partial charge in [0.25, 0.3) is 0 Å². The van der Waals surface area contributed by atoms with Crippen molar-refractivity contribution >= 4 is 17.3 Å². The van der Waals surface area contributed by atoms with Crippen molar-refractivity contribution in [3.8, 4) is 0 Å². The lowest BCUT2D eigenvalue weighted by atomic mass is 10.2. The van der Waals surface area contributed by atoms with Crippen LogP contribution in [-0.4, -0.2) is 23.1 Å². The molecule has 0 bridgehead atoms. The molecule has 0 atom stereocenters. The Bertz CT molecular complexity index is 601. The molecule has 4 nitrogen and oxygen atoms in total. The van der Waals surface area contributed by atoms with E-state index >= 15 is 0 Å². The normalized spacial score (nSPS) is 10.5. The highest BCUT2D eigenvalue weighted by atomic mass is 19.1. The molecule has 0 saturated carbocycles. The topological polar surface area (TPSA) is 41.0 Å². The predicted octanol–water partition coefficient (Wildman–Crippen LogP) is 3.90. The summed E-state index contributed by atoms with van der Waals surface area (Å²) in [6, 6.07) is 8.59. The van der Waals surface area contributed by atoms with E-state index in [1.165, 1.54) is 6.07 Å². The van der Waals surface area contributed by atoms with E-state index in [-0.39, 0.29) is 5.82 Å². The summed E-state index contributed by atoms with van der Waals surface area (Å²) in [5.41, 5.74) is 0.527. The van der Waals surface area contributed by atoms with Gasteiger partial charge in [-0.2, -0.15) is 0 Å². The Labute approximate surface area is 125 Å². The molecule has 0 amide bonds. The SMILES string of the molecule is CCCNc1cc(N(CC)c2ccccc2F)nc(C)n1. The second-order valence-corrected chi connectivity index (χ2v) is 4.78. The fourth-order valence-corrected chi connectivity index (χ4v) is 2.16. The van der Waals surface area contributed by atoms with Gasteiger partial charge in [0, 0.05) is 19.2 Å². The van der Waals surface area contributed by atoms with E-state index in [2.05, 4.69) is 22.2 Å². The van der Waals surface area contributed by atoms with Gasteiger partial charge in [0.1, 0.15) is 23.3 Å². The number of nitrogens with one attached hydrogen (secondary N) is 1.